The third-order valence-electron chi connectivity index (χ3n) is 5.69. The summed E-state index contributed by atoms with van der Waals surface area (Å²) in [5.74, 6) is 2.16. The van der Waals surface area contributed by atoms with Crippen molar-refractivity contribution in [1.29, 1.82) is 0 Å². The molecular formula is C23H24N4O2S. The van der Waals surface area contributed by atoms with Crippen molar-refractivity contribution in [3.8, 4) is 5.75 Å². The molecule has 0 N–H and O–H groups in total. The Morgan fingerprint density at radius 2 is 1.87 bits per heavy atom. The van der Waals surface area contributed by atoms with E-state index in [1.165, 1.54) is 18.2 Å². The largest absolute Gasteiger partial charge is 0.489 e. The summed E-state index contributed by atoms with van der Waals surface area (Å²) in [6.07, 6.45) is 4.48. The molecule has 3 heterocycles. The molecular weight excluding hydrogens is 396 g/mol. The van der Waals surface area contributed by atoms with Crippen molar-refractivity contribution in [2.75, 3.05) is 17.3 Å². The van der Waals surface area contributed by atoms with Crippen LogP contribution in [0.25, 0.3) is 0 Å². The molecule has 5 rings (SSSR count). The molecule has 2 aliphatic rings. The first-order chi connectivity index (χ1) is 14.8. The first kappa shape index (κ1) is 19.2. The highest BCUT2D eigenvalue weighted by molar-refractivity contribution is 7.99. The molecule has 3 aromatic rings. The lowest BCUT2D eigenvalue weighted by molar-refractivity contribution is -0.117. The van der Waals surface area contributed by atoms with Gasteiger partial charge in [0, 0.05) is 13.0 Å². The lowest BCUT2D eigenvalue weighted by Gasteiger charge is -2.37. The molecule has 0 saturated heterocycles. The van der Waals surface area contributed by atoms with Gasteiger partial charge in [-0.05, 0) is 30.5 Å². The molecule has 0 fully saturated rings. The molecule has 1 amide bonds. The van der Waals surface area contributed by atoms with Crippen LogP contribution in [0.2, 0.25) is 0 Å². The minimum Gasteiger partial charge on any atom is -0.489 e. The van der Waals surface area contributed by atoms with E-state index in [1.807, 2.05) is 59.5 Å². The van der Waals surface area contributed by atoms with Crippen LogP contribution in [0.5, 0.6) is 5.75 Å². The number of carbonyl (C=O) groups is 1. The number of aromatic nitrogens is 3. The number of hydrogen-bond donors (Lipinski definition) is 0. The van der Waals surface area contributed by atoms with Crippen LogP contribution in [0.15, 0.2) is 59.8 Å². The SMILES string of the molecule is O=C(CSc1nnc2n1CCCCC2)N1c2ccccc2OCC1c1ccccc1. The summed E-state index contributed by atoms with van der Waals surface area (Å²) in [6, 6.07) is 17.7. The maximum atomic E-state index is 13.5. The van der Waals surface area contributed by atoms with Gasteiger partial charge in [-0.25, -0.2) is 0 Å². The molecule has 7 heteroatoms. The number of ether oxygens (including phenoxy) is 1. The Morgan fingerprint density at radius 3 is 2.77 bits per heavy atom. The molecule has 2 aliphatic heterocycles. The lowest BCUT2D eigenvalue weighted by Crippen LogP contribution is -2.42. The number of nitrogens with zero attached hydrogens (tertiary/aromatic N) is 4. The Balaban J connectivity index is 1.40. The fourth-order valence-electron chi connectivity index (χ4n) is 4.18. The molecule has 0 bridgehead atoms. The van der Waals surface area contributed by atoms with Gasteiger partial charge in [0.2, 0.25) is 5.91 Å². The number of benzene rings is 2. The van der Waals surface area contributed by atoms with Gasteiger partial charge in [0.25, 0.3) is 0 Å². The summed E-state index contributed by atoms with van der Waals surface area (Å²) in [6.45, 7) is 1.38. The van der Waals surface area contributed by atoms with E-state index >= 15 is 0 Å². The zero-order valence-electron chi connectivity index (χ0n) is 16.7. The number of hydrogen-bond acceptors (Lipinski definition) is 5. The van der Waals surface area contributed by atoms with Crippen molar-refractivity contribution in [2.24, 2.45) is 0 Å². The second-order valence-electron chi connectivity index (χ2n) is 7.62. The van der Waals surface area contributed by atoms with Crippen molar-refractivity contribution in [2.45, 2.75) is 43.4 Å². The predicted octanol–water partition coefficient (Wildman–Crippen LogP) is 4.26. The van der Waals surface area contributed by atoms with E-state index in [4.69, 9.17) is 4.74 Å². The van der Waals surface area contributed by atoms with E-state index in [0.29, 0.717) is 12.4 Å². The van der Waals surface area contributed by atoms with Crippen molar-refractivity contribution in [3.63, 3.8) is 0 Å². The van der Waals surface area contributed by atoms with Gasteiger partial charge in [-0.2, -0.15) is 0 Å². The quantitative estimate of drug-likeness (QED) is 0.590. The van der Waals surface area contributed by atoms with E-state index in [2.05, 4.69) is 14.8 Å². The average Bonchev–Trinajstić information content (AvgIpc) is 3.03. The smallest absolute Gasteiger partial charge is 0.238 e. The number of rotatable bonds is 4. The zero-order valence-corrected chi connectivity index (χ0v) is 17.6. The number of thioether (sulfide) groups is 1. The van der Waals surface area contributed by atoms with Crippen LogP contribution in [0.3, 0.4) is 0 Å². The normalized spacial score (nSPS) is 18.1. The van der Waals surface area contributed by atoms with Gasteiger partial charge in [-0.1, -0.05) is 60.6 Å². The summed E-state index contributed by atoms with van der Waals surface area (Å²) < 4.78 is 8.17. The summed E-state index contributed by atoms with van der Waals surface area (Å²) in [5, 5.41) is 9.56. The predicted molar refractivity (Wildman–Crippen MR) is 117 cm³/mol. The summed E-state index contributed by atoms with van der Waals surface area (Å²) in [7, 11) is 0. The van der Waals surface area contributed by atoms with Crippen molar-refractivity contribution >= 4 is 23.4 Å². The van der Waals surface area contributed by atoms with E-state index in [-0.39, 0.29) is 11.9 Å². The van der Waals surface area contributed by atoms with Crippen molar-refractivity contribution < 1.29 is 9.53 Å². The molecule has 2 aromatic carbocycles. The van der Waals surface area contributed by atoms with Crippen LogP contribution < -0.4 is 9.64 Å². The van der Waals surface area contributed by atoms with Gasteiger partial charge in [-0.15, -0.1) is 10.2 Å². The average molecular weight is 421 g/mol. The molecule has 0 aliphatic carbocycles. The second kappa shape index (κ2) is 8.52. The van der Waals surface area contributed by atoms with Crippen LogP contribution >= 0.6 is 11.8 Å². The molecule has 1 aromatic heterocycles. The van der Waals surface area contributed by atoms with Gasteiger partial charge in [0.15, 0.2) is 5.16 Å². The first-order valence-electron chi connectivity index (χ1n) is 10.4. The Hall–Kier alpha value is -2.80. The minimum atomic E-state index is -0.148. The summed E-state index contributed by atoms with van der Waals surface area (Å²) >= 11 is 1.48. The van der Waals surface area contributed by atoms with Gasteiger partial charge >= 0.3 is 0 Å². The Bertz CT molecular complexity index is 1040. The van der Waals surface area contributed by atoms with Gasteiger partial charge in [0.05, 0.1) is 17.5 Å². The third-order valence-corrected chi connectivity index (χ3v) is 6.64. The van der Waals surface area contributed by atoms with Crippen molar-refractivity contribution in [3.05, 3.63) is 66.0 Å². The van der Waals surface area contributed by atoms with Crippen LogP contribution in [0, 0.1) is 0 Å². The van der Waals surface area contributed by atoms with E-state index in [9.17, 15) is 4.79 Å². The van der Waals surface area contributed by atoms with Gasteiger partial charge in [-0.3, -0.25) is 9.69 Å². The maximum Gasteiger partial charge on any atom is 0.238 e. The zero-order chi connectivity index (χ0) is 20.3. The fraction of sp³-hybridized carbons (Fsp3) is 0.348. The number of para-hydroxylation sites is 2. The summed E-state index contributed by atoms with van der Waals surface area (Å²) in [4.78, 5) is 15.4. The van der Waals surface area contributed by atoms with Crippen LogP contribution in [-0.2, 0) is 17.8 Å². The topological polar surface area (TPSA) is 60.2 Å². The number of fused-ring (bicyclic) bond motifs is 2. The molecule has 1 atom stereocenters. The summed E-state index contributed by atoms with van der Waals surface area (Å²) in [5.41, 5.74) is 1.89. The number of amides is 1. The number of anilines is 1. The molecule has 30 heavy (non-hydrogen) atoms. The highest BCUT2D eigenvalue weighted by Crippen LogP contribution is 2.39. The highest BCUT2D eigenvalue weighted by Gasteiger charge is 2.33. The monoisotopic (exact) mass is 420 g/mol. The lowest BCUT2D eigenvalue weighted by atomic mass is 10.0. The van der Waals surface area contributed by atoms with Gasteiger partial charge < -0.3 is 9.30 Å². The van der Waals surface area contributed by atoms with Crippen LogP contribution in [-0.4, -0.2) is 33.0 Å². The molecule has 154 valence electrons. The number of aryl methyl sites for hydroxylation is 1. The Kier molecular flexibility index (Phi) is 5.45. The van der Waals surface area contributed by atoms with Crippen LogP contribution in [0.1, 0.15) is 36.7 Å². The second-order valence-corrected chi connectivity index (χ2v) is 8.56. The first-order valence-corrected chi connectivity index (χ1v) is 11.4. The molecule has 6 nitrogen and oxygen atoms in total. The molecule has 0 radical (unpaired) electrons. The maximum absolute atomic E-state index is 13.5. The third kappa shape index (κ3) is 3.69. The van der Waals surface area contributed by atoms with Crippen LogP contribution in [0.4, 0.5) is 5.69 Å². The molecule has 0 saturated carbocycles. The number of carbonyl (C=O) groups excluding carboxylic acids is 1. The van der Waals surface area contributed by atoms with Crippen molar-refractivity contribution in [1.82, 2.24) is 14.8 Å². The minimum absolute atomic E-state index is 0.0515. The van der Waals surface area contributed by atoms with Gasteiger partial charge in [0.1, 0.15) is 18.2 Å². The molecule has 0 spiro atoms. The Morgan fingerprint density at radius 1 is 1.03 bits per heavy atom. The molecule has 1 unspecified atom stereocenters. The highest BCUT2D eigenvalue weighted by atomic mass is 32.2. The standard InChI is InChI=1S/C23H24N4O2S/c28-22(16-30-23-25-24-21-13-5-2-8-14-26(21)23)27-18-11-6-7-12-20(18)29-15-19(27)17-9-3-1-4-10-17/h1,3-4,6-7,9-12,19H,2,5,8,13-16H2. The van der Waals surface area contributed by atoms with E-state index < -0.39 is 0 Å². The Labute approximate surface area is 180 Å². The van der Waals surface area contributed by atoms with E-state index in [1.54, 1.807) is 0 Å². The van der Waals surface area contributed by atoms with E-state index in [0.717, 1.165) is 53.8 Å². The fourth-order valence-corrected chi connectivity index (χ4v) is 5.02.